The van der Waals surface area contributed by atoms with Gasteiger partial charge in [-0.05, 0) is 92.8 Å². The summed E-state index contributed by atoms with van der Waals surface area (Å²) in [6.45, 7) is 0. The number of nitrogens with one attached hydrogen (secondary N) is 8. The Morgan fingerprint density at radius 2 is 0.581 bits per heavy atom. The van der Waals surface area contributed by atoms with Crippen LogP contribution in [0, 0.1) is 47.3 Å². The van der Waals surface area contributed by atoms with Crippen molar-refractivity contribution >= 4 is 37.0 Å². The smallest absolute Gasteiger partial charge is 0.286 e. The molecule has 5 heterocycles. The molecule has 5 aliphatic heterocycles. The van der Waals surface area contributed by atoms with E-state index in [1.807, 2.05) is 0 Å². The van der Waals surface area contributed by atoms with Crippen molar-refractivity contribution in [3.05, 3.63) is 0 Å². The zero-order chi connectivity index (χ0) is 29.1. The zero-order valence-corrected chi connectivity index (χ0v) is 29.7. The van der Waals surface area contributed by atoms with Gasteiger partial charge in [0.2, 0.25) is 0 Å². The minimum Gasteiger partial charge on any atom is -0.286 e. The van der Waals surface area contributed by atoms with Gasteiger partial charge in [-0.2, -0.15) is 0 Å². The van der Waals surface area contributed by atoms with Gasteiger partial charge in [-0.15, -0.1) is 11.6 Å². The number of hydrogen-bond acceptors (Lipinski definition) is 8. The molecule has 5 saturated heterocycles. The van der Waals surface area contributed by atoms with Gasteiger partial charge >= 0.3 is 15.4 Å². The minimum absolute atomic E-state index is 0.252. The van der Waals surface area contributed by atoms with Crippen molar-refractivity contribution in [2.75, 3.05) is 0 Å². The summed E-state index contributed by atoms with van der Waals surface area (Å²) in [4.78, 5) is 0. The molecule has 4 saturated carbocycles. The van der Waals surface area contributed by atoms with E-state index >= 15 is 0 Å². The monoisotopic (exact) mass is 650 g/mol. The predicted octanol–water partition coefficient (Wildman–Crippen LogP) is 2.60. The van der Waals surface area contributed by atoms with Crippen molar-refractivity contribution in [2.24, 2.45) is 47.3 Å². The summed E-state index contributed by atoms with van der Waals surface area (Å²) < 4.78 is 0. The highest BCUT2D eigenvalue weighted by molar-refractivity contribution is 6.80. The van der Waals surface area contributed by atoms with Gasteiger partial charge in [0, 0.05) is 11.3 Å². The molecule has 8 bridgehead atoms. The Bertz CT molecular complexity index is 964. The van der Waals surface area contributed by atoms with Gasteiger partial charge in [0.1, 0.15) is 0 Å². The van der Waals surface area contributed by atoms with Crippen LogP contribution in [0.1, 0.15) is 96.3 Å². The highest BCUT2D eigenvalue weighted by Crippen LogP contribution is 2.46. The Balaban J connectivity index is 0.00000136. The molecule has 9 rings (SSSR count). The lowest BCUT2D eigenvalue weighted by molar-refractivity contribution is 0.168. The summed E-state index contributed by atoms with van der Waals surface area (Å²) in [5, 5.41) is 33.8. The minimum atomic E-state index is 0.252. The number of halogens is 2. The molecular formula is C32H57AlCl2N8. The van der Waals surface area contributed by atoms with Crippen LogP contribution < -0.4 is 42.5 Å². The SMILES string of the molecule is ClC1CCCC2C3NC4NC(NC5NC(NC6NC(NC(N3)C12)C1CCCCC61)C1CCCCC51)C1CCCCC41.[AlH2][Cl]. The molecule has 0 aromatic heterocycles. The van der Waals surface area contributed by atoms with E-state index in [1.165, 1.54) is 89.9 Å². The van der Waals surface area contributed by atoms with E-state index in [0.717, 1.165) is 33.6 Å². The van der Waals surface area contributed by atoms with Crippen LogP contribution in [0.3, 0.4) is 0 Å². The van der Waals surface area contributed by atoms with Gasteiger partial charge in [-0.3, -0.25) is 52.6 Å². The van der Waals surface area contributed by atoms with E-state index in [1.54, 1.807) is 0 Å². The molecule has 4 aliphatic carbocycles. The molecule has 17 unspecified atom stereocenters. The fourth-order valence-corrected chi connectivity index (χ4v) is 12.5. The molecule has 0 aromatic rings. The molecule has 242 valence electrons. The van der Waals surface area contributed by atoms with Crippen LogP contribution in [-0.2, 0) is 0 Å². The first-order valence-electron chi connectivity index (χ1n) is 18.3. The first-order chi connectivity index (χ1) is 21.2. The lowest BCUT2D eigenvalue weighted by Crippen LogP contribution is -2.61. The molecule has 0 spiro atoms. The van der Waals surface area contributed by atoms with Gasteiger partial charge in [0.05, 0.1) is 49.3 Å². The maximum absolute atomic E-state index is 7.19. The van der Waals surface area contributed by atoms with Crippen molar-refractivity contribution in [1.29, 1.82) is 0 Å². The Labute approximate surface area is 276 Å². The Morgan fingerprint density at radius 3 is 0.907 bits per heavy atom. The third-order valence-corrected chi connectivity index (χ3v) is 14.3. The summed E-state index contributed by atoms with van der Waals surface area (Å²) in [7, 11) is 4.78. The van der Waals surface area contributed by atoms with Crippen LogP contribution in [0.2, 0.25) is 0 Å². The highest BCUT2D eigenvalue weighted by atomic mass is 35.6. The quantitative estimate of drug-likeness (QED) is 0.150. The van der Waals surface area contributed by atoms with Gasteiger partial charge in [0.15, 0.2) is 0 Å². The van der Waals surface area contributed by atoms with Gasteiger partial charge in [0.25, 0.3) is 0 Å². The fraction of sp³-hybridized carbons (Fsp3) is 1.00. The van der Waals surface area contributed by atoms with E-state index < -0.39 is 0 Å². The van der Waals surface area contributed by atoms with E-state index in [4.69, 9.17) is 21.7 Å². The lowest BCUT2D eigenvalue weighted by Gasteiger charge is -2.37. The molecule has 0 aromatic carbocycles. The average Bonchev–Trinajstić information content (AvgIpc) is 3.78. The second kappa shape index (κ2) is 13.4. The van der Waals surface area contributed by atoms with Crippen molar-refractivity contribution in [2.45, 2.75) is 151 Å². The topological polar surface area (TPSA) is 96.2 Å². The molecule has 0 radical (unpaired) electrons. The van der Waals surface area contributed by atoms with Crippen molar-refractivity contribution < 1.29 is 0 Å². The molecule has 8 nitrogen and oxygen atoms in total. The van der Waals surface area contributed by atoms with Crippen molar-refractivity contribution in [3.63, 3.8) is 0 Å². The second-order valence-corrected chi connectivity index (χ2v) is 16.2. The summed E-state index contributed by atoms with van der Waals surface area (Å²) in [5.74, 6) is 5.34. The summed E-state index contributed by atoms with van der Waals surface area (Å²) in [6, 6.07) is 0. The lowest BCUT2D eigenvalue weighted by atomic mass is 9.76. The van der Waals surface area contributed by atoms with Crippen LogP contribution in [0.5, 0.6) is 0 Å². The molecule has 9 fully saturated rings. The highest BCUT2D eigenvalue weighted by Gasteiger charge is 2.55. The maximum Gasteiger partial charge on any atom is 0.353 e. The fourth-order valence-electron chi connectivity index (χ4n) is 12.0. The zero-order valence-electron chi connectivity index (χ0n) is 26.2. The van der Waals surface area contributed by atoms with Gasteiger partial charge < -0.3 is 0 Å². The van der Waals surface area contributed by atoms with Crippen LogP contribution in [0.25, 0.3) is 0 Å². The second-order valence-electron chi connectivity index (χ2n) is 15.7. The van der Waals surface area contributed by atoms with E-state index in [0.29, 0.717) is 78.7 Å². The first kappa shape index (κ1) is 31.1. The summed E-state index contributed by atoms with van der Waals surface area (Å²) in [5.41, 5.74) is 0. The number of alkyl halides is 1. The number of rotatable bonds is 0. The normalized spacial score (nSPS) is 55.7. The molecule has 17 atom stereocenters. The van der Waals surface area contributed by atoms with Crippen LogP contribution >= 0.6 is 21.7 Å². The van der Waals surface area contributed by atoms with Crippen LogP contribution in [-0.4, -0.2) is 70.1 Å². The van der Waals surface area contributed by atoms with Gasteiger partial charge in [-0.1, -0.05) is 44.9 Å². The molecule has 8 N–H and O–H groups in total. The van der Waals surface area contributed by atoms with Crippen LogP contribution in [0.15, 0.2) is 0 Å². The molecule has 11 heteroatoms. The van der Waals surface area contributed by atoms with Crippen molar-refractivity contribution in [3.8, 4) is 0 Å². The van der Waals surface area contributed by atoms with E-state index in [-0.39, 0.29) is 11.5 Å². The molecule has 9 aliphatic rings. The Morgan fingerprint density at radius 1 is 0.326 bits per heavy atom. The summed E-state index contributed by atoms with van der Waals surface area (Å²) in [6.07, 6.45) is 22.9. The van der Waals surface area contributed by atoms with Gasteiger partial charge in [-0.25, -0.2) is 0 Å². The van der Waals surface area contributed by atoms with E-state index in [9.17, 15) is 0 Å². The number of hydrogen-bond donors (Lipinski definition) is 8. The van der Waals surface area contributed by atoms with E-state index in [2.05, 4.69) is 42.5 Å². The molecular weight excluding hydrogens is 594 g/mol. The third kappa shape index (κ3) is 5.70. The first-order valence-corrected chi connectivity index (χ1v) is 21.8. The molecule has 0 amide bonds. The molecule has 43 heavy (non-hydrogen) atoms. The summed E-state index contributed by atoms with van der Waals surface area (Å²) >= 11 is 7.97. The largest absolute Gasteiger partial charge is 0.353 e. The Hall–Kier alpha value is 0.792. The standard InChI is InChI=1S/C32H55ClN8.Al.ClH.2H/c33-23-15-7-14-22-24(23)32-40-30-21-13-6-5-12-20(21)28(38-30)36-26-17-9-2-1-8-16(17)25(34-26)35-27-18-10-3-4-11-19(18)29(37-27)39-31(22)41-32;;;;/h16-32,34-41H,1-15H2;;1H;;/q;+1;;;/p-1. The predicted molar refractivity (Wildman–Crippen MR) is 177 cm³/mol. The third-order valence-electron chi connectivity index (χ3n) is 13.8. The Kier molecular flexibility index (Phi) is 9.66. The van der Waals surface area contributed by atoms with Crippen LogP contribution in [0.4, 0.5) is 0 Å². The maximum atomic E-state index is 7.19. The van der Waals surface area contributed by atoms with Crippen molar-refractivity contribution in [1.82, 2.24) is 42.5 Å². The number of fused-ring (bicyclic) bond motifs is 20. The average molecular weight is 652 g/mol.